The highest BCUT2D eigenvalue weighted by molar-refractivity contribution is 7.88. The zero-order chi connectivity index (χ0) is 20.0. The van der Waals surface area contributed by atoms with Crippen LogP contribution in [0, 0.1) is 0 Å². The second-order valence-corrected chi connectivity index (χ2v) is 8.77. The van der Waals surface area contributed by atoms with Gasteiger partial charge < -0.3 is 10.3 Å². The van der Waals surface area contributed by atoms with Crippen LogP contribution in [0.2, 0.25) is 0 Å². The molecule has 3 rings (SSSR count). The number of fused-ring (bicyclic) bond motifs is 1. The topological polar surface area (TPSA) is 82.3 Å². The van der Waals surface area contributed by atoms with E-state index in [4.69, 9.17) is 0 Å². The molecule has 6 nitrogen and oxygen atoms in total. The van der Waals surface area contributed by atoms with Gasteiger partial charge in [-0.3, -0.25) is 4.79 Å². The van der Waals surface area contributed by atoms with Crippen molar-refractivity contribution < 1.29 is 13.2 Å². The zero-order valence-electron chi connectivity index (χ0n) is 15.9. The molecule has 0 saturated heterocycles. The molecule has 0 aliphatic rings. The summed E-state index contributed by atoms with van der Waals surface area (Å²) < 4.78 is 25.3. The minimum atomic E-state index is -3.46. The van der Waals surface area contributed by atoms with Crippen LogP contribution in [0.15, 0.2) is 60.8 Å². The number of para-hydroxylation sites is 1. The van der Waals surface area contributed by atoms with Gasteiger partial charge in [0.1, 0.15) is 0 Å². The number of benzene rings is 2. The molecule has 148 valence electrons. The first-order chi connectivity index (χ1) is 13.4. The van der Waals surface area contributed by atoms with E-state index in [9.17, 15) is 13.2 Å². The summed E-state index contributed by atoms with van der Waals surface area (Å²) in [6.07, 6.45) is 4.33. The van der Waals surface area contributed by atoms with E-state index in [2.05, 4.69) is 10.3 Å². The molecule has 0 aliphatic heterocycles. The van der Waals surface area contributed by atoms with Gasteiger partial charge in [-0.25, -0.2) is 8.42 Å². The Hall–Kier alpha value is -2.64. The average Bonchev–Trinajstić information content (AvgIpc) is 3.08. The maximum absolute atomic E-state index is 12.3. The predicted molar refractivity (Wildman–Crippen MR) is 112 cm³/mol. The fourth-order valence-electron chi connectivity index (χ4n) is 3.15. The first kappa shape index (κ1) is 20.1. The number of aromatic amines is 1. The Balaban J connectivity index is 1.52. The summed E-state index contributed by atoms with van der Waals surface area (Å²) in [5.41, 5.74) is 3.23. The van der Waals surface area contributed by atoms with Crippen molar-refractivity contribution >= 4 is 26.8 Å². The molecule has 2 N–H and O–H groups in total. The summed E-state index contributed by atoms with van der Waals surface area (Å²) in [6, 6.07) is 17.6. The van der Waals surface area contributed by atoms with E-state index in [1.807, 2.05) is 60.8 Å². The van der Waals surface area contributed by atoms with Gasteiger partial charge in [0.25, 0.3) is 0 Å². The van der Waals surface area contributed by atoms with E-state index < -0.39 is 10.0 Å². The molecular weight excluding hydrogens is 374 g/mol. The van der Waals surface area contributed by atoms with Crippen LogP contribution in [0.5, 0.6) is 0 Å². The van der Waals surface area contributed by atoms with Crippen molar-refractivity contribution in [2.24, 2.45) is 0 Å². The van der Waals surface area contributed by atoms with Crippen molar-refractivity contribution in [3.8, 4) is 0 Å². The number of hydrogen-bond acceptors (Lipinski definition) is 3. The first-order valence-corrected chi connectivity index (χ1v) is 11.1. The Labute approximate surface area is 165 Å². The SMILES string of the molecule is CS(=O)(=O)N(CCc1ccccc1)CC(=O)NCCc1c[nH]c2ccccc12. The van der Waals surface area contributed by atoms with Gasteiger partial charge in [-0.15, -0.1) is 0 Å². The Bertz CT molecular complexity index is 1030. The van der Waals surface area contributed by atoms with E-state index in [0.717, 1.165) is 28.3 Å². The molecule has 0 atom stereocenters. The predicted octanol–water partition coefficient (Wildman–Crippen LogP) is 2.33. The number of sulfonamides is 1. The molecule has 0 spiro atoms. The summed E-state index contributed by atoms with van der Waals surface area (Å²) in [5.74, 6) is -0.293. The lowest BCUT2D eigenvalue weighted by molar-refractivity contribution is -0.121. The second-order valence-electron chi connectivity index (χ2n) is 6.79. The van der Waals surface area contributed by atoms with Crippen LogP contribution >= 0.6 is 0 Å². The third kappa shape index (κ3) is 5.43. The van der Waals surface area contributed by atoms with Crippen LogP contribution in [-0.2, 0) is 27.7 Å². The van der Waals surface area contributed by atoms with Crippen molar-refractivity contribution in [3.05, 3.63) is 71.9 Å². The summed E-state index contributed by atoms with van der Waals surface area (Å²) in [6.45, 7) is 0.565. The van der Waals surface area contributed by atoms with Crippen molar-refractivity contribution in [2.45, 2.75) is 12.8 Å². The van der Waals surface area contributed by atoms with Gasteiger partial charge in [0.15, 0.2) is 0 Å². The van der Waals surface area contributed by atoms with Crippen LogP contribution in [0.3, 0.4) is 0 Å². The van der Waals surface area contributed by atoms with E-state index in [0.29, 0.717) is 19.4 Å². The highest BCUT2D eigenvalue weighted by atomic mass is 32.2. The van der Waals surface area contributed by atoms with Crippen LogP contribution in [0.25, 0.3) is 10.9 Å². The van der Waals surface area contributed by atoms with Crippen LogP contribution in [0.1, 0.15) is 11.1 Å². The molecule has 0 bridgehead atoms. The van der Waals surface area contributed by atoms with Gasteiger partial charge >= 0.3 is 0 Å². The largest absolute Gasteiger partial charge is 0.361 e. The third-order valence-corrected chi connectivity index (χ3v) is 5.92. The van der Waals surface area contributed by atoms with E-state index in [-0.39, 0.29) is 19.0 Å². The molecule has 0 aliphatic carbocycles. The second kappa shape index (κ2) is 9.03. The summed E-state index contributed by atoms with van der Waals surface area (Å²) in [7, 11) is -3.46. The number of nitrogens with one attached hydrogen (secondary N) is 2. The quantitative estimate of drug-likeness (QED) is 0.579. The third-order valence-electron chi connectivity index (χ3n) is 4.67. The number of rotatable bonds is 9. The molecule has 0 saturated carbocycles. The van der Waals surface area contributed by atoms with E-state index >= 15 is 0 Å². The molecular formula is C21H25N3O3S. The number of carbonyl (C=O) groups is 1. The molecule has 1 aromatic heterocycles. The van der Waals surface area contributed by atoms with E-state index in [1.54, 1.807) is 0 Å². The molecule has 3 aromatic rings. The fraction of sp³-hybridized carbons (Fsp3) is 0.286. The lowest BCUT2D eigenvalue weighted by Crippen LogP contribution is -2.41. The zero-order valence-corrected chi connectivity index (χ0v) is 16.7. The van der Waals surface area contributed by atoms with Crippen molar-refractivity contribution in [3.63, 3.8) is 0 Å². The summed E-state index contributed by atoms with van der Waals surface area (Å²) in [4.78, 5) is 15.5. The Morgan fingerprint density at radius 3 is 2.50 bits per heavy atom. The number of hydrogen-bond donors (Lipinski definition) is 2. The van der Waals surface area contributed by atoms with Crippen LogP contribution in [-0.4, -0.2) is 49.5 Å². The van der Waals surface area contributed by atoms with Gasteiger partial charge in [-0.2, -0.15) is 4.31 Å². The van der Waals surface area contributed by atoms with Crippen LogP contribution < -0.4 is 5.32 Å². The van der Waals surface area contributed by atoms with Gasteiger partial charge in [0.05, 0.1) is 12.8 Å². The lowest BCUT2D eigenvalue weighted by Gasteiger charge is -2.19. The molecule has 7 heteroatoms. The molecule has 1 heterocycles. The standard InChI is InChI=1S/C21H25N3O3S/c1-28(26,27)24(14-12-17-7-3-2-4-8-17)16-21(25)22-13-11-18-15-23-20-10-6-5-9-19(18)20/h2-10,15,23H,11-14,16H2,1H3,(H,22,25). The minimum Gasteiger partial charge on any atom is -0.361 e. The smallest absolute Gasteiger partial charge is 0.235 e. The summed E-state index contributed by atoms with van der Waals surface area (Å²) in [5, 5.41) is 3.96. The van der Waals surface area contributed by atoms with Crippen molar-refractivity contribution in [1.29, 1.82) is 0 Å². The van der Waals surface area contributed by atoms with Gasteiger partial charge in [0.2, 0.25) is 15.9 Å². The molecule has 28 heavy (non-hydrogen) atoms. The van der Waals surface area contributed by atoms with Crippen molar-refractivity contribution in [1.82, 2.24) is 14.6 Å². The Morgan fingerprint density at radius 2 is 1.75 bits per heavy atom. The molecule has 1 amide bonds. The lowest BCUT2D eigenvalue weighted by atomic mass is 10.1. The highest BCUT2D eigenvalue weighted by Crippen LogP contribution is 2.17. The summed E-state index contributed by atoms with van der Waals surface area (Å²) >= 11 is 0. The van der Waals surface area contributed by atoms with Gasteiger partial charge in [-0.1, -0.05) is 48.5 Å². The first-order valence-electron chi connectivity index (χ1n) is 9.24. The maximum atomic E-state index is 12.3. The minimum absolute atomic E-state index is 0.167. The van der Waals surface area contributed by atoms with Gasteiger partial charge in [-0.05, 0) is 30.0 Å². The molecule has 0 fully saturated rings. The normalized spacial score (nSPS) is 11.8. The molecule has 0 radical (unpaired) electrons. The molecule has 0 unspecified atom stereocenters. The van der Waals surface area contributed by atoms with E-state index in [1.165, 1.54) is 4.31 Å². The Kier molecular flexibility index (Phi) is 6.49. The van der Waals surface area contributed by atoms with Gasteiger partial charge in [0, 0.05) is 30.2 Å². The number of nitrogens with zero attached hydrogens (tertiary/aromatic N) is 1. The van der Waals surface area contributed by atoms with Crippen molar-refractivity contribution in [2.75, 3.05) is 25.9 Å². The fourth-order valence-corrected chi connectivity index (χ4v) is 3.93. The monoisotopic (exact) mass is 399 g/mol. The number of carbonyl (C=O) groups excluding carboxylic acids is 1. The molecule has 2 aromatic carbocycles. The number of aromatic nitrogens is 1. The number of H-pyrrole nitrogens is 1. The number of amides is 1. The highest BCUT2D eigenvalue weighted by Gasteiger charge is 2.19. The maximum Gasteiger partial charge on any atom is 0.235 e. The average molecular weight is 400 g/mol. The van der Waals surface area contributed by atoms with Crippen LogP contribution in [0.4, 0.5) is 0 Å². The Morgan fingerprint density at radius 1 is 1.04 bits per heavy atom.